The first kappa shape index (κ1) is 12.9. The Hall–Kier alpha value is -1.09. The van der Waals surface area contributed by atoms with Crippen molar-refractivity contribution >= 4 is 24.3 Å². The minimum absolute atomic E-state index is 0.318. The normalized spacial score (nSPS) is 13.3. The van der Waals surface area contributed by atoms with Crippen LogP contribution in [0.4, 0.5) is 0 Å². The number of aliphatic imine (C=N–C) groups is 1. The van der Waals surface area contributed by atoms with Gasteiger partial charge in [-0.05, 0) is 26.1 Å². The van der Waals surface area contributed by atoms with E-state index in [1.54, 1.807) is 13.0 Å². The van der Waals surface area contributed by atoms with E-state index in [2.05, 4.69) is 16.4 Å². The second-order valence-electron chi connectivity index (χ2n) is 2.59. The monoisotopic (exact) mass is 215 g/mol. The summed E-state index contributed by atoms with van der Waals surface area (Å²) in [5, 5.41) is 0.381. The second kappa shape index (κ2) is 6.38. The molecular weight excluding hydrogens is 202 g/mol. The Morgan fingerprint density at radius 2 is 2.21 bits per heavy atom. The zero-order chi connectivity index (χ0) is 11.1. The minimum Gasteiger partial charge on any atom is -0.465 e. The molecule has 0 aliphatic rings. The Labute approximate surface area is 89.1 Å². The van der Waals surface area contributed by atoms with Crippen molar-refractivity contribution in [1.82, 2.24) is 0 Å². The van der Waals surface area contributed by atoms with Crippen molar-refractivity contribution in [2.24, 2.45) is 4.99 Å². The number of carbonyl (C=O) groups excluding carboxylic acids is 1. The first-order valence-electron chi connectivity index (χ1n) is 4.18. The van der Waals surface area contributed by atoms with E-state index in [1.807, 2.05) is 6.92 Å². The summed E-state index contributed by atoms with van der Waals surface area (Å²) in [6, 6.07) is 0. The number of allylic oxidation sites excluding steroid dienone is 2. The van der Waals surface area contributed by atoms with Gasteiger partial charge in [-0.25, -0.2) is 4.79 Å². The summed E-state index contributed by atoms with van der Waals surface area (Å²) in [4.78, 5) is 15.0. The maximum atomic E-state index is 11.2. The van der Waals surface area contributed by atoms with Crippen LogP contribution in [0.5, 0.6) is 0 Å². The molecule has 0 heterocycles. The number of ether oxygens (including phenoxy) is 1. The molecule has 0 amide bonds. The molecule has 0 saturated heterocycles. The molecule has 0 aromatic carbocycles. The molecule has 0 bridgehead atoms. The fourth-order valence-corrected chi connectivity index (χ4v) is 0.967. The zero-order valence-corrected chi connectivity index (χ0v) is 9.39. The number of hydrogen-bond acceptors (Lipinski definition) is 3. The van der Waals surface area contributed by atoms with Crippen LogP contribution in [0.25, 0.3) is 0 Å². The van der Waals surface area contributed by atoms with Crippen LogP contribution < -0.4 is 0 Å². The molecule has 0 unspecified atom stereocenters. The predicted molar refractivity (Wildman–Crippen MR) is 58.5 cm³/mol. The third kappa shape index (κ3) is 3.75. The van der Waals surface area contributed by atoms with Crippen molar-refractivity contribution in [3.05, 3.63) is 22.4 Å². The summed E-state index contributed by atoms with van der Waals surface area (Å²) in [6.45, 7) is 6.93. The Balaban J connectivity index is 5.07. The van der Waals surface area contributed by atoms with Gasteiger partial charge in [0.25, 0.3) is 0 Å². The van der Waals surface area contributed by atoms with E-state index in [9.17, 15) is 4.79 Å². The molecule has 4 heteroatoms. The van der Waals surface area contributed by atoms with Gasteiger partial charge >= 0.3 is 5.97 Å². The van der Waals surface area contributed by atoms with Gasteiger partial charge in [0.1, 0.15) is 0 Å². The van der Waals surface area contributed by atoms with Gasteiger partial charge in [-0.3, -0.25) is 4.99 Å². The van der Waals surface area contributed by atoms with Crippen molar-refractivity contribution in [2.45, 2.75) is 20.3 Å². The fraction of sp³-hybridized carbons (Fsp3) is 0.400. The molecule has 0 spiro atoms. The maximum Gasteiger partial charge on any atom is 0.339 e. The number of halogens is 1. The van der Waals surface area contributed by atoms with Crippen molar-refractivity contribution < 1.29 is 9.53 Å². The van der Waals surface area contributed by atoms with E-state index in [0.29, 0.717) is 22.7 Å². The quantitative estimate of drug-likeness (QED) is 0.313. The predicted octanol–water partition coefficient (Wildman–Crippen LogP) is 2.67. The van der Waals surface area contributed by atoms with Gasteiger partial charge in [0.2, 0.25) is 0 Å². The lowest BCUT2D eigenvalue weighted by molar-refractivity contribution is -0.135. The molecule has 0 saturated carbocycles. The van der Waals surface area contributed by atoms with Crippen LogP contribution >= 0.6 is 11.6 Å². The second-order valence-corrected chi connectivity index (χ2v) is 3.15. The van der Waals surface area contributed by atoms with Gasteiger partial charge in [-0.15, -0.1) is 0 Å². The summed E-state index contributed by atoms with van der Waals surface area (Å²) >= 11 is 5.75. The molecule has 14 heavy (non-hydrogen) atoms. The summed E-state index contributed by atoms with van der Waals surface area (Å²) in [5.41, 5.74) is 1.02. The lowest BCUT2D eigenvalue weighted by Gasteiger charge is -2.02. The molecule has 0 atom stereocenters. The van der Waals surface area contributed by atoms with Gasteiger partial charge in [0, 0.05) is 10.7 Å². The van der Waals surface area contributed by atoms with Crippen molar-refractivity contribution in [2.75, 3.05) is 7.11 Å². The van der Waals surface area contributed by atoms with E-state index in [4.69, 9.17) is 11.6 Å². The number of esters is 1. The topological polar surface area (TPSA) is 38.7 Å². The molecule has 0 rings (SSSR count). The highest BCUT2D eigenvalue weighted by molar-refractivity contribution is 6.31. The fourth-order valence-electron chi connectivity index (χ4n) is 0.835. The van der Waals surface area contributed by atoms with Gasteiger partial charge < -0.3 is 4.74 Å². The van der Waals surface area contributed by atoms with Crippen LogP contribution in [0.1, 0.15) is 20.3 Å². The van der Waals surface area contributed by atoms with E-state index >= 15 is 0 Å². The Bertz CT molecular complexity index is 288. The van der Waals surface area contributed by atoms with Crippen molar-refractivity contribution in [3.63, 3.8) is 0 Å². The average Bonchev–Trinajstić information content (AvgIpc) is 2.18. The van der Waals surface area contributed by atoms with E-state index in [1.165, 1.54) is 7.11 Å². The number of methoxy groups -OCH3 is 1. The average molecular weight is 216 g/mol. The molecule has 0 aliphatic carbocycles. The van der Waals surface area contributed by atoms with E-state index < -0.39 is 5.97 Å². The molecular formula is C10H14ClNO2. The first-order valence-corrected chi connectivity index (χ1v) is 4.56. The zero-order valence-electron chi connectivity index (χ0n) is 8.63. The van der Waals surface area contributed by atoms with Gasteiger partial charge in [0.05, 0.1) is 12.7 Å². The number of nitrogens with zero attached hydrogens (tertiary/aromatic N) is 1. The largest absolute Gasteiger partial charge is 0.465 e. The van der Waals surface area contributed by atoms with Crippen molar-refractivity contribution in [1.29, 1.82) is 0 Å². The summed E-state index contributed by atoms with van der Waals surface area (Å²) in [5.74, 6) is -0.466. The maximum absolute atomic E-state index is 11.2. The molecule has 0 aromatic heterocycles. The van der Waals surface area contributed by atoms with E-state index in [-0.39, 0.29) is 0 Å². The van der Waals surface area contributed by atoms with Crippen LogP contribution in [0.2, 0.25) is 0 Å². The molecule has 3 nitrogen and oxygen atoms in total. The third-order valence-corrected chi connectivity index (χ3v) is 1.86. The lowest BCUT2D eigenvalue weighted by atomic mass is 10.2. The highest BCUT2D eigenvalue weighted by Gasteiger charge is 2.10. The molecule has 0 aromatic rings. The van der Waals surface area contributed by atoms with Crippen LogP contribution in [0.3, 0.4) is 0 Å². The SMILES string of the molecule is C=N/C(=C\C(C(=O)OC)=C(/C)Cl)CC. The van der Waals surface area contributed by atoms with Gasteiger partial charge in [-0.1, -0.05) is 18.5 Å². The molecule has 0 radical (unpaired) electrons. The highest BCUT2D eigenvalue weighted by atomic mass is 35.5. The van der Waals surface area contributed by atoms with Crippen LogP contribution in [0, 0.1) is 0 Å². The van der Waals surface area contributed by atoms with Crippen molar-refractivity contribution in [3.8, 4) is 0 Å². The van der Waals surface area contributed by atoms with Crippen LogP contribution in [-0.2, 0) is 9.53 Å². The summed E-state index contributed by atoms with van der Waals surface area (Å²) < 4.78 is 4.58. The Morgan fingerprint density at radius 1 is 1.64 bits per heavy atom. The lowest BCUT2D eigenvalue weighted by Crippen LogP contribution is -2.04. The number of rotatable bonds is 4. The third-order valence-electron chi connectivity index (χ3n) is 1.65. The highest BCUT2D eigenvalue weighted by Crippen LogP contribution is 2.15. The number of hydrogen-bond donors (Lipinski definition) is 0. The molecule has 0 fully saturated rings. The summed E-state index contributed by atoms with van der Waals surface area (Å²) in [7, 11) is 1.31. The smallest absolute Gasteiger partial charge is 0.339 e. The summed E-state index contributed by atoms with van der Waals surface area (Å²) in [6.07, 6.45) is 2.27. The van der Waals surface area contributed by atoms with E-state index in [0.717, 1.165) is 0 Å². The number of carbonyl (C=O) groups is 1. The van der Waals surface area contributed by atoms with Crippen LogP contribution in [0.15, 0.2) is 27.4 Å². The first-order chi connectivity index (χ1) is 6.56. The Morgan fingerprint density at radius 3 is 2.50 bits per heavy atom. The molecule has 0 aliphatic heterocycles. The standard InChI is InChI=1S/C10H14ClNO2/c1-5-8(12-3)6-9(7(2)11)10(13)14-4/h6H,3,5H2,1-2,4H3/b8-6-,9-7-. The van der Waals surface area contributed by atoms with Crippen LogP contribution in [-0.4, -0.2) is 19.8 Å². The van der Waals surface area contributed by atoms with Gasteiger partial charge in [0.15, 0.2) is 0 Å². The van der Waals surface area contributed by atoms with Gasteiger partial charge in [-0.2, -0.15) is 0 Å². The molecule has 78 valence electrons. The minimum atomic E-state index is -0.466. The molecule has 0 N–H and O–H groups in total. The Kier molecular flexibility index (Phi) is 5.88.